The van der Waals surface area contributed by atoms with E-state index in [9.17, 15) is 14.4 Å². The van der Waals surface area contributed by atoms with Gasteiger partial charge in [-0.25, -0.2) is 14.2 Å². The molecule has 3 aliphatic heterocycles. The number of piperidine rings is 1. The Morgan fingerprint density at radius 2 is 1.69 bits per heavy atom. The molecule has 0 saturated carbocycles. The van der Waals surface area contributed by atoms with Gasteiger partial charge in [0.1, 0.15) is 11.2 Å². The molecule has 2 amide bonds. The normalized spacial score (nSPS) is 21.9. The van der Waals surface area contributed by atoms with E-state index in [0.29, 0.717) is 56.9 Å². The Bertz CT molecular complexity index is 1690. The summed E-state index contributed by atoms with van der Waals surface area (Å²) < 4.78 is 17.5. The van der Waals surface area contributed by atoms with Crippen molar-refractivity contribution in [2.24, 2.45) is 5.41 Å². The lowest BCUT2D eigenvalue weighted by molar-refractivity contribution is -0.136. The number of anilines is 1. The number of pyridine rings is 1. The van der Waals surface area contributed by atoms with Crippen LogP contribution in [0.5, 0.6) is 0 Å². The summed E-state index contributed by atoms with van der Waals surface area (Å²) >= 11 is 1.49. The highest BCUT2D eigenvalue weighted by atomic mass is 32.2. The van der Waals surface area contributed by atoms with Gasteiger partial charge in [0.05, 0.1) is 16.5 Å². The van der Waals surface area contributed by atoms with Crippen molar-refractivity contribution in [3.05, 3.63) is 58.4 Å². The number of piperazine rings is 1. The minimum Gasteiger partial charge on any atom is -0.366 e. The van der Waals surface area contributed by atoms with Crippen LogP contribution in [0.4, 0.5) is 10.1 Å². The van der Waals surface area contributed by atoms with Crippen molar-refractivity contribution in [2.45, 2.75) is 89.4 Å². The molecule has 2 aromatic heterocycles. The number of amides is 2. The number of fused-ring (bicyclic) bond motifs is 1. The number of hydrogen-bond acceptors (Lipinski definition) is 7. The van der Waals surface area contributed by atoms with E-state index in [1.165, 1.54) is 17.8 Å². The summed E-state index contributed by atoms with van der Waals surface area (Å²) in [6.45, 7) is 17.7. The molecule has 10 nitrogen and oxygen atoms in total. The van der Waals surface area contributed by atoms with Gasteiger partial charge in [0.25, 0.3) is 0 Å². The third-order valence-corrected chi connectivity index (χ3v) is 11.6. The van der Waals surface area contributed by atoms with Gasteiger partial charge in [-0.2, -0.15) is 0 Å². The number of thioether (sulfide) groups is 1. The molecule has 260 valence electrons. The highest BCUT2D eigenvalue weighted by Gasteiger charge is 2.44. The predicted molar refractivity (Wildman–Crippen MR) is 190 cm³/mol. The number of carbonyl (C=O) groups excluding carboxylic acids is 2. The summed E-state index contributed by atoms with van der Waals surface area (Å²) in [4.78, 5) is 55.9. The number of rotatable bonds is 7. The molecular weight excluding hydrogens is 630 g/mol. The van der Waals surface area contributed by atoms with Crippen LogP contribution in [0, 0.1) is 11.2 Å². The minimum atomic E-state index is -0.545. The summed E-state index contributed by atoms with van der Waals surface area (Å²) in [7, 11) is 0. The molecule has 1 N–H and O–H groups in total. The fourth-order valence-electron chi connectivity index (χ4n) is 7.30. The molecule has 0 bridgehead atoms. The van der Waals surface area contributed by atoms with Gasteiger partial charge >= 0.3 is 5.69 Å². The number of H-pyrrole nitrogens is 1. The first kappa shape index (κ1) is 34.5. The standard InChI is InChI=1S/C36H50FN7O3S/c1-35(2,3)14-18-43-32(46)28(23-29(45)40-16-12-24(13-17-40)44-27-11-8-15-38-31(27)39-34(44)47)48-33(43)25-9-7-10-26(37)30(25)41-19-21-42(22-20-41)36(4,5)6/h7-11,15,24,28,33H,12-14,16-23H2,1-6H3,(H,38,39,47)/t28-,33-/m0/s1. The fourth-order valence-corrected chi connectivity index (χ4v) is 8.79. The van der Waals surface area contributed by atoms with Gasteiger partial charge in [0.15, 0.2) is 5.65 Å². The van der Waals surface area contributed by atoms with E-state index in [4.69, 9.17) is 0 Å². The zero-order valence-electron chi connectivity index (χ0n) is 29.2. The number of para-hydroxylation sites is 1. The Labute approximate surface area is 287 Å². The van der Waals surface area contributed by atoms with Gasteiger partial charge in [-0.1, -0.05) is 32.9 Å². The Hall–Kier alpha value is -3.38. The number of halogens is 1. The zero-order valence-corrected chi connectivity index (χ0v) is 30.0. The second kappa shape index (κ2) is 13.5. The Balaban J connectivity index is 1.18. The molecule has 0 aliphatic carbocycles. The number of nitrogens with zero attached hydrogens (tertiary/aromatic N) is 6. The van der Waals surface area contributed by atoms with Crippen LogP contribution in [0.2, 0.25) is 0 Å². The molecule has 0 radical (unpaired) electrons. The van der Waals surface area contributed by atoms with Gasteiger partial charge in [-0.15, -0.1) is 11.8 Å². The van der Waals surface area contributed by atoms with E-state index >= 15 is 4.39 Å². The van der Waals surface area contributed by atoms with Crippen LogP contribution in [0.15, 0.2) is 41.3 Å². The molecular formula is C36H50FN7O3S. The minimum absolute atomic E-state index is 0.00458. The molecule has 3 aromatic rings. The zero-order chi connectivity index (χ0) is 34.4. The molecule has 3 aliphatic rings. The van der Waals surface area contributed by atoms with Crippen molar-refractivity contribution in [2.75, 3.05) is 50.7 Å². The Morgan fingerprint density at radius 3 is 2.35 bits per heavy atom. The average molecular weight is 680 g/mol. The topological polar surface area (TPSA) is 97.8 Å². The van der Waals surface area contributed by atoms with Gasteiger partial charge in [-0.3, -0.25) is 24.0 Å². The van der Waals surface area contributed by atoms with E-state index in [1.807, 2.05) is 28.0 Å². The largest absolute Gasteiger partial charge is 0.366 e. The van der Waals surface area contributed by atoms with E-state index in [1.54, 1.807) is 16.8 Å². The Kier molecular flexibility index (Phi) is 9.70. The summed E-state index contributed by atoms with van der Waals surface area (Å²) in [5.41, 5.74) is 2.59. The molecule has 2 atom stereocenters. The number of hydrogen-bond donors (Lipinski definition) is 1. The molecule has 12 heteroatoms. The summed E-state index contributed by atoms with van der Waals surface area (Å²) in [6, 6.07) is 8.89. The lowest BCUT2D eigenvalue weighted by atomic mass is 9.92. The molecule has 1 aromatic carbocycles. The third-order valence-electron chi connectivity index (χ3n) is 10.1. The van der Waals surface area contributed by atoms with Crippen molar-refractivity contribution in [3.8, 4) is 0 Å². The SMILES string of the molecule is CC(C)(C)CCN1C(=O)[C@H](CC(=O)N2CCC(n3c(=O)[nH]c4ncccc43)CC2)S[C@H]1c1cccc(F)c1N1CCN(C(C)(C)C)CC1. The number of aromatic amines is 1. The molecule has 48 heavy (non-hydrogen) atoms. The van der Waals surface area contributed by atoms with Crippen molar-refractivity contribution in [1.82, 2.24) is 29.2 Å². The first-order valence-electron chi connectivity index (χ1n) is 17.3. The first-order chi connectivity index (χ1) is 22.7. The molecule has 5 heterocycles. The molecule has 0 spiro atoms. The lowest BCUT2D eigenvalue weighted by Gasteiger charge is -2.43. The maximum Gasteiger partial charge on any atom is 0.327 e. The fraction of sp³-hybridized carbons (Fsp3) is 0.611. The van der Waals surface area contributed by atoms with Gasteiger partial charge in [0, 0.05) is 75.6 Å². The van der Waals surface area contributed by atoms with Crippen LogP contribution in [-0.2, 0) is 9.59 Å². The second-order valence-electron chi connectivity index (χ2n) is 15.6. The maximum atomic E-state index is 15.8. The Morgan fingerprint density at radius 1 is 0.979 bits per heavy atom. The quantitative estimate of drug-likeness (QED) is 0.357. The van der Waals surface area contributed by atoms with Crippen molar-refractivity contribution in [3.63, 3.8) is 0 Å². The van der Waals surface area contributed by atoms with Crippen LogP contribution in [0.1, 0.15) is 84.2 Å². The van der Waals surface area contributed by atoms with Crippen LogP contribution in [-0.4, -0.2) is 97.7 Å². The molecule has 3 saturated heterocycles. The molecule has 6 rings (SSSR count). The number of nitrogens with one attached hydrogen (secondary N) is 1. The van der Waals surface area contributed by atoms with Crippen LogP contribution < -0.4 is 10.6 Å². The number of benzene rings is 1. The van der Waals surface area contributed by atoms with Gasteiger partial charge in [0.2, 0.25) is 11.8 Å². The number of imidazole rings is 1. The van der Waals surface area contributed by atoms with Crippen molar-refractivity contribution in [1.29, 1.82) is 0 Å². The maximum absolute atomic E-state index is 15.8. The first-order valence-corrected chi connectivity index (χ1v) is 18.2. The summed E-state index contributed by atoms with van der Waals surface area (Å²) in [5, 5.41) is -0.923. The van der Waals surface area contributed by atoms with E-state index < -0.39 is 5.25 Å². The van der Waals surface area contributed by atoms with Crippen LogP contribution >= 0.6 is 11.8 Å². The smallest absolute Gasteiger partial charge is 0.327 e. The second-order valence-corrected chi connectivity index (χ2v) is 16.9. The number of carbonyl (C=O) groups is 2. The highest BCUT2D eigenvalue weighted by molar-refractivity contribution is 8.01. The van der Waals surface area contributed by atoms with E-state index in [-0.39, 0.29) is 52.1 Å². The van der Waals surface area contributed by atoms with Crippen LogP contribution in [0.3, 0.4) is 0 Å². The van der Waals surface area contributed by atoms with Crippen molar-refractivity contribution >= 4 is 40.4 Å². The van der Waals surface area contributed by atoms with Crippen LogP contribution in [0.25, 0.3) is 11.2 Å². The molecule has 3 fully saturated rings. The van der Waals surface area contributed by atoms with Gasteiger partial charge < -0.3 is 14.7 Å². The summed E-state index contributed by atoms with van der Waals surface area (Å²) in [5.74, 6) is -0.377. The average Bonchev–Trinajstić information content (AvgIpc) is 3.54. The van der Waals surface area contributed by atoms with E-state index in [2.05, 4.69) is 61.3 Å². The van der Waals surface area contributed by atoms with E-state index in [0.717, 1.165) is 30.6 Å². The number of likely N-dealkylation sites (tertiary alicyclic amines) is 1. The third kappa shape index (κ3) is 7.15. The highest BCUT2D eigenvalue weighted by Crippen LogP contribution is 2.48. The molecule has 0 unspecified atom stereocenters. The van der Waals surface area contributed by atoms with Crippen molar-refractivity contribution < 1.29 is 14.0 Å². The van der Waals surface area contributed by atoms with Gasteiger partial charge in [-0.05, 0) is 63.6 Å². The lowest BCUT2D eigenvalue weighted by Crippen LogP contribution is -2.53. The predicted octanol–water partition coefficient (Wildman–Crippen LogP) is 5.42. The summed E-state index contributed by atoms with van der Waals surface area (Å²) in [6.07, 6.45) is 3.85. The monoisotopic (exact) mass is 679 g/mol. The number of aromatic nitrogens is 3.